The molecule has 0 bridgehead atoms. The zero-order valence-electron chi connectivity index (χ0n) is 6.35. The highest BCUT2D eigenvalue weighted by atomic mass is 16.2. The number of β-lactam (4-membered cyclic amide) rings is 1. The zero-order valence-corrected chi connectivity index (χ0v) is 6.35. The predicted molar refractivity (Wildman–Crippen MR) is 39.0 cm³/mol. The van der Waals surface area contributed by atoms with E-state index in [-0.39, 0.29) is 11.4 Å². The molecule has 0 aromatic heterocycles. The van der Waals surface area contributed by atoms with Gasteiger partial charge in [0.05, 0.1) is 12.0 Å². The Bertz CT molecular complexity index is 214. The van der Waals surface area contributed by atoms with Gasteiger partial charge in [0.1, 0.15) is 5.78 Å². The quantitative estimate of drug-likeness (QED) is 0.512. The Balaban J connectivity index is 2.04. The number of ketones is 1. The van der Waals surface area contributed by atoms with Crippen LogP contribution in [0.5, 0.6) is 0 Å². The SMILES string of the molecule is O=C1CCCC2(C1)CC(=O)N2. The van der Waals surface area contributed by atoms with Gasteiger partial charge in [-0.25, -0.2) is 0 Å². The van der Waals surface area contributed by atoms with Crippen LogP contribution in [0.3, 0.4) is 0 Å². The number of hydrogen-bond acceptors (Lipinski definition) is 2. The van der Waals surface area contributed by atoms with Crippen LogP contribution in [0.4, 0.5) is 0 Å². The van der Waals surface area contributed by atoms with Crippen molar-refractivity contribution in [2.24, 2.45) is 0 Å². The monoisotopic (exact) mass is 153 g/mol. The third-order valence-corrected chi connectivity index (χ3v) is 2.55. The van der Waals surface area contributed by atoms with E-state index in [1.807, 2.05) is 0 Å². The third-order valence-electron chi connectivity index (χ3n) is 2.55. The molecule has 1 heterocycles. The minimum Gasteiger partial charge on any atom is -0.350 e. The maximum absolute atomic E-state index is 11.0. The largest absolute Gasteiger partial charge is 0.350 e. The van der Waals surface area contributed by atoms with E-state index < -0.39 is 0 Å². The van der Waals surface area contributed by atoms with Gasteiger partial charge < -0.3 is 5.32 Å². The lowest BCUT2D eigenvalue weighted by molar-refractivity contribution is -0.137. The lowest BCUT2D eigenvalue weighted by atomic mass is 9.74. The van der Waals surface area contributed by atoms with Gasteiger partial charge in [0.2, 0.25) is 5.91 Å². The molecular formula is C8H11NO2. The van der Waals surface area contributed by atoms with Crippen molar-refractivity contribution in [2.45, 2.75) is 37.6 Å². The average molecular weight is 153 g/mol. The molecule has 2 fully saturated rings. The molecule has 1 N–H and O–H groups in total. The van der Waals surface area contributed by atoms with Crippen LogP contribution in [0.2, 0.25) is 0 Å². The molecule has 11 heavy (non-hydrogen) atoms. The number of Topliss-reactive ketones (excluding diaryl/α,β-unsaturated/α-hetero) is 1. The highest BCUT2D eigenvalue weighted by molar-refractivity contribution is 5.89. The standard InChI is InChI=1S/C8H11NO2/c10-6-2-1-3-8(4-6)5-7(11)9-8/h1-5H2,(H,9,11). The van der Waals surface area contributed by atoms with Crippen LogP contribution < -0.4 is 5.32 Å². The van der Waals surface area contributed by atoms with Crippen LogP contribution in [0.15, 0.2) is 0 Å². The molecule has 1 aliphatic heterocycles. The van der Waals surface area contributed by atoms with Crippen molar-refractivity contribution in [3.05, 3.63) is 0 Å². The van der Waals surface area contributed by atoms with Crippen molar-refractivity contribution in [2.75, 3.05) is 0 Å². The summed E-state index contributed by atoms with van der Waals surface area (Å²) in [7, 11) is 0. The molecule has 0 radical (unpaired) electrons. The molecule has 1 amide bonds. The lowest BCUT2D eigenvalue weighted by Crippen LogP contribution is -2.62. The van der Waals surface area contributed by atoms with E-state index >= 15 is 0 Å². The van der Waals surface area contributed by atoms with Crippen molar-refractivity contribution in [3.63, 3.8) is 0 Å². The van der Waals surface area contributed by atoms with E-state index in [0.29, 0.717) is 25.0 Å². The summed E-state index contributed by atoms with van der Waals surface area (Å²) in [6.07, 6.45) is 3.78. The van der Waals surface area contributed by atoms with Crippen LogP contribution in [-0.4, -0.2) is 17.2 Å². The first-order valence-corrected chi connectivity index (χ1v) is 4.03. The fourth-order valence-electron chi connectivity index (χ4n) is 2.02. The van der Waals surface area contributed by atoms with Crippen molar-refractivity contribution in [3.8, 4) is 0 Å². The van der Waals surface area contributed by atoms with Gasteiger partial charge >= 0.3 is 0 Å². The fraction of sp³-hybridized carbons (Fsp3) is 0.750. The van der Waals surface area contributed by atoms with Crippen LogP contribution in [-0.2, 0) is 9.59 Å². The van der Waals surface area contributed by atoms with E-state index in [1.54, 1.807) is 0 Å². The number of rotatable bonds is 0. The predicted octanol–water partition coefficient (Wildman–Crippen LogP) is 0.388. The Morgan fingerprint density at radius 1 is 1.27 bits per heavy atom. The Morgan fingerprint density at radius 3 is 2.55 bits per heavy atom. The van der Waals surface area contributed by atoms with E-state index in [1.165, 1.54) is 0 Å². The van der Waals surface area contributed by atoms with Gasteiger partial charge in [0.15, 0.2) is 0 Å². The van der Waals surface area contributed by atoms with Gasteiger partial charge in [-0.15, -0.1) is 0 Å². The average Bonchev–Trinajstić information content (AvgIpc) is 1.84. The Labute approximate surface area is 65.2 Å². The molecule has 0 aromatic rings. The van der Waals surface area contributed by atoms with Gasteiger partial charge in [-0.3, -0.25) is 9.59 Å². The second kappa shape index (κ2) is 2.06. The second-order valence-corrected chi connectivity index (χ2v) is 3.57. The van der Waals surface area contributed by atoms with Gasteiger partial charge in [0.25, 0.3) is 0 Å². The van der Waals surface area contributed by atoms with E-state index in [9.17, 15) is 9.59 Å². The van der Waals surface area contributed by atoms with Gasteiger partial charge in [-0.2, -0.15) is 0 Å². The first-order valence-electron chi connectivity index (χ1n) is 4.03. The normalized spacial score (nSPS) is 36.7. The summed E-state index contributed by atoms with van der Waals surface area (Å²) in [5.74, 6) is 0.399. The molecular weight excluding hydrogens is 142 g/mol. The molecule has 1 unspecified atom stereocenters. The number of nitrogens with one attached hydrogen (secondary N) is 1. The second-order valence-electron chi connectivity index (χ2n) is 3.57. The van der Waals surface area contributed by atoms with Gasteiger partial charge in [-0.05, 0) is 12.8 Å². The fourth-order valence-corrected chi connectivity index (χ4v) is 2.02. The first kappa shape index (κ1) is 6.83. The smallest absolute Gasteiger partial charge is 0.222 e. The van der Waals surface area contributed by atoms with Crippen molar-refractivity contribution >= 4 is 11.7 Å². The Morgan fingerprint density at radius 2 is 2.00 bits per heavy atom. The van der Waals surface area contributed by atoms with E-state index in [0.717, 1.165) is 12.8 Å². The highest BCUT2D eigenvalue weighted by Crippen LogP contribution is 2.34. The molecule has 3 nitrogen and oxygen atoms in total. The topological polar surface area (TPSA) is 46.2 Å². The number of carbonyl (C=O) groups excluding carboxylic acids is 2. The zero-order chi connectivity index (χ0) is 7.90. The third kappa shape index (κ3) is 1.04. The summed E-state index contributed by atoms with van der Waals surface area (Å²) in [5, 5.41) is 2.83. The van der Waals surface area contributed by atoms with Gasteiger partial charge in [0, 0.05) is 12.8 Å². The summed E-state index contributed by atoms with van der Waals surface area (Å²) in [6.45, 7) is 0. The first-order chi connectivity index (χ1) is 5.20. The molecule has 0 aromatic carbocycles. The number of hydrogen-bond donors (Lipinski definition) is 1. The van der Waals surface area contributed by atoms with Gasteiger partial charge in [-0.1, -0.05) is 0 Å². The maximum Gasteiger partial charge on any atom is 0.222 e. The summed E-state index contributed by atoms with van der Waals surface area (Å²) in [6, 6.07) is 0. The van der Waals surface area contributed by atoms with Crippen molar-refractivity contribution < 1.29 is 9.59 Å². The van der Waals surface area contributed by atoms with E-state index in [4.69, 9.17) is 0 Å². The lowest BCUT2D eigenvalue weighted by Gasteiger charge is -2.44. The number of amides is 1. The maximum atomic E-state index is 11.0. The van der Waals surface area contributed by atoms with Crippen LogP contribution in [0.1, 0.15) is 32.1 Å². The highest BCUT2D eigenvalue weighted by Gasteiger charge is 2.45. The minimum atomic E-state index is -0.105. The minimum absolute atomic E-state index is 0.0969. The van der Waals surface area contributed by atoms with E-state index in [2.05, 4.69) is 5.32 Å². The van der Waals surface area contributed by atoms with Crippen molar-refractivity contribution in [1.29, 1.82) is 0 Å². The molecule has 3 heteroatoms. The van der Waals surface area contributed by atoms with Crippen LogP contribution in [0, 0.1) is 0 Å². The Hall–Kier alpha value is -0.860. The molecule has 1 aliphatic carbocycles. The molecule has 1 spiro atoms. The van der Waals surface area contributed by atoms with Crippen LogP contribution in [0.25, 0.3) is 0 Å². The Kier molecular flexibility index (Phi) is 1.28. The van der Waals surface area contributed by atoms with Crippen LogP contribution >= 0.6 is 0 Å². The summed E-state index contributed by atoms with van der Waals surface area (Å²) >= 11 is 0. The molecule has 2 aliphatic rings. The molecule has 1 atom stereocenters. The number of carbonyl (C=O) groups is 2. The molecule has 60 valence electrons. The molecule has 1 saturated carbocycles. The molecule has 2 rings (SSSR count). The van der Waals surface area contributed by atoms with Crippen molar-refractivity contribution in [1.82, 2.24) is 5.32 Å². The summed E-state index contributed by atoms with van der Waals surface area (Å²) < 4.78 is 0. The summed E-state index contributed by atoms with van der Waals surface area (Å²) in [5.41, 5.74) is -0.105. The molecule has 1 saturated heterocycles. The summed E-state index contributed by atoms with van der Waals surface area (Å²) in [4.78, 5) is 21.7.